The maximum Gasteiger partial charge on any atom is 0.245 e. The predicted molar refractivity (Wildman–Crippen MR) is 90.6 cm³/mol. The molecule has 0 atom stereocenters. The Balaban J connectivity index is 2.18. The van der Waals surface area contributed by atoms with Crippen molar-refractivity contribution in [2.75, 3.05) is 24.6 Å². The van der Waals surface area contributed by atoms with E-state index >= 15 is 0 Å². The molecule has 9 heteroatoms. The summed E-state index contributed by atoms with van der Waals surface area (Å²) in [6.45, 7) is 5.41. The molecule has 0 amide bonds. The van der Waals surface area contributed by atoms with Crippen molar-refractivity contribution in [2.45, 2.75) is 31.3 Å². The first-order valence-electron chi connectivity index (χ1n) is 6.67. The highest BCUT2D eigenvalue weighted by atomic mass is 79.9. The highest BCUT2D eigenvalue weighted by Gasteiger charge is 2.30. The summed E-state index contributed by atoms with van der Waals surface area (Å²) < 4.78 is 38.7. The van der Waals surface area contributed by atoms with Crippen LogP contribution in [0, 0.1) is 0 Å². The van der Waals surface area contributed by atoms with E-state index in [0.29, 0.717) is 45.9 Å². The fraction of sp³-hybridized carbons (Fsp3) is 0.667. The van der Waals surface area contributed by atoms with Crippen molar-refractivity contribution in [3.05, 3.63) is 14.7 Å². The molecule has 120 valence electrons. The minimum absolute atomic E-state index is 0.320. The van der Waals surface area contributed by atoms with Crippen molar-refractivity contribution < 1.29 is 12.6 Å². The minimum atomic E-state index is -3.50. The van der Waals surface area contributed by atoms with E-state index in [2.05, 4.69) is 21.2 Å². The second-order valence-corrected chi connectivity index (χ2v) is 11.2. The average molecular weight is 415 g/mol. The first kappa shape index (κ1) is 17.6. The van der Waals surface area contributed by atoms with Gasteiger partial charge in [-0.25, -0.2) is 8.42 Å². The summed E-state index contributed by atoms with van der Waals surface area (Å²) >= 11 is 4.80. The summed E-state index contributed by atoms with van der Waals surface area (Å²) in [4.78, 5) is 1.30. The van der Waals surface area contributed by atoms with Crippen molar-refractivity contribution in [1.29, 1.82) is 0 Å². The number of thiophene rings is 1. The van der Waals surface area contributed by atoms with Crippen LogP contribution in [0.3, 0.4) is 0 Å². The van der Waals surface area contributed by atoms with Crippen LogP contribution in [0.15, 0.2) is 14.7 Å². The number of sulfonamides is 1. The summed E-state index contributed by atoms with van der Waals surface area (Å²) in [6, 6.07) is 2.08. The van der Waals surface area contributed by atoms with E-state index in [9.17, 15) is 12.6 Å². The van der Waals surface area contributed by atoms with Crippen LogP contribution < -0.4 is 5.32 Å². The van der Waals surface area contributed by atoms with Gasteiger partial charge >= 0.3 is 0 Å². The Labute approximate surface area is 140 Å². The summed E-state index contributed by atoms with van der Waals surface area (Å²) in [5.41, 5.74) is 0. The van der Waals surface area contributed by atoms with Gasteiger partial charge in [0.05, 0.1) is 3.79 Å². The third-order valence-corrected chi connectivity index (χ3v) is 8.57. The van der Waals surface area contributed by atoms with Gasteiger partial charge in [-0.15, -0.1) is 11.3 Å². The van der Waals surface area contributed by atoms with E-state index in [4.69, 9.17) is 0 Å². The first-order chi connectivity index (χ1) is 9.80. The fourth-order valence-corrected chi connectivity index (χ4v) is 7.27. The molecule has 0 saturated carbocycles. The zero-order chi connectivity index (χ0) is 15.6. The summed E-state index contributed by atoms with van der Waals surface area (Å²) in [6.07, 6.45) is 0. The van der Waals surface area contributed by atoms with Crippen LogP contribution in [0.2, 0.25) is 0 Å². The SMILES string of the molecule is CC(C)NCc1cc(S(=O)(=O)N2CCS(=O)CC2)c(Br)s1. The smallest absolute Gasteiger partial charge is 0.245 e. The molecule has 1 saturated heterocycles. The van der Waals surface area contributed by atoms with Crippen molar-refractivity contribution in [2.24, 2.45) is 0 Å². The first-order valence-corrected chi connectivity index (χ1v) is 11.2. The Morgan fingerprint density at radius 2 is 2.05 bits per heavy atom. The Hall–Kier alpha value is 0.200. The molecule has 1 aromatic rings. The number of hydrogen-bond donors (Lipinski definition) is 1. The zero-order valence-electron chi connectivity index (χ0n) is 12.0. The number of nitrogens with zero attached hydrogens (tertiary/aromatic N) is 1. The molecule has 0 aliphatic carbocycles. The second kappa shape index (κ2) is 7.18. The largest absolute Gasteiger partial charge is 0.310 e. The van der Waals surface area contributed by atoms with Crippen LogP contribution in [0.1, 0.15) is 18.7 Å². The molecule has 2 rings (SSSR count). The van der Waals surface area contributed by atoms with Gasteiger partial charge in [-0.1, -0.05) is 13.8 Å². The molecule has 1 aliphatic rings. The van der Waals surface area contributed by atoms with Gasteiger partial charge in [-0.3, -0.25) is 4.21 Å². The Kier molecular flexibility index (Phi) is 6.00. The Morgan fingerprint density at radius 3 is 2.62 bits per heavy atom. The van der Waals surface area contributed by atoms with Crippen molar-refractivity contribution in [1.82, 2.24) is 9.62 Å². The van der Waals surface area contributed by atoms with Gasteiger partial charge in [0.1, 0.15) is 4.90 Å². The van der Waals surface area contributed by atoms with Crippen LogP contribution >= 0.6 is 27.3 Å². The van der Waals surface area contributed by atoms with Crippen LogP contribution in [0.5, 0.6) is 0 Å². The average Bonchev–Trinajstić information content (AvgIpc) is 2.79. The highest BCUT2D eigenvalue weighted by molar-refractivity contribution is 9.11. The second-order valence-electron chi connectivity index (χ2n) is 5.14. The van der Waals surface area contributed by atoms with E-state index in [-0.39, 0.29) is 0 Å². The molecule has 1 aromatic heterocycles. The molecular weight excluding hydrogens is 396 g/mol. The zero-order valence-corrected chi connectivity index (χ0v) is 16.0. The van der Waals surface area contributed by atoms with Gasteiger partial charge < -0.3 is 5.32 Å². The quantitative estimate of drug-likeness (QED) is 0.796. The van der Waals surface area contributed by atoms with E-state index < -0.39 is 20.8 Å². The number of halogens is 1. The number of nitrogens with one attached hydrogen (secondary N) is 1. The standard InChI is InChI=1S/C12H19BrN2O3S3/c1-9(2)14-8-10-7-11(12(13)19-10)21(17,18)15-3-5-20(16)6-4-15/h7,9,14H,3-6,8H2,1-2H3. The van der Waals surface area contributed by atoms with Crippen LogP contribution in [-0.2, 0) is 27.4 Å². The van der Waals surface area contributed by atoms with Crippen LogP contribution in [-0.4, -0.2) is 47.6 Å². The molecule has 0 aromatic carbocycles. The molecule has 21 heavy (non-hydrogen) atoms. The normalized spacial score (nSPS) is 18.5. The topological polar surface area (TPSA) is 66.5 Å². The lowest BCUT2D eigenvalue weighted by molar-refractivity contribution is 0.438. The molecule has 0 spiro atoms. The van der Waals surface area contributed by atoms with Crippen LogP contribution in [0.4, 0.5) is 0 Å². The summed E-state index contributed by atoms with van der Waals surface area (Å²) in [7, 11) is -4.39. The van der Waals surface area contributed by atoms with Gasteiger partial charge in [0.25, 0.3) is 0 Å². The monoisotopic (exact) mass is 414 g/mol. The molecule has 1 N–H and O–H groups in total. The number of rotatable bonds is 5. The Morgan fingerprint density at radius 1 is 1.43 bits per heavy atom. The minimum Gasteiger partial charge on any atom is -0.310 e. The lowest BCUT2D eigenvalue weighted by Gasteiger charge is -2.25. The van der Waals surface area contributed by atoms with Crippen molar-refractivity contribution in [3.63, 3.8) is 0 Å². The molecular formula is C12H19BrN2O3S3. The molecule has 0 radical (unpaired) electrons. The third-order valence-electron chi connectivity index (χ3n) is 3.15. The molecule has 5 nitrogen and oxygen atoms in total. The predicted octanol–water partition coefficient (Wildman–Crippen LogP) is 1.76. The van der Waals surface area contributed by atoms with Crippen LogP contribution in [0.25, 0.3) is 0 Å². The van der Waals surface area contributed by atoms with Gasteiger partial charge in [-0.05, 0) is 22.0 Å². The summed E-state index contributed by atoms with van der Waals surface area (Å²) in [5.74, 6) is 0.839. The van der Waals surface area contributed by atoms with Crippen molar-refractivity contribution in [3.8, 4) is 0 Å². The molecule has 1 aliphatic heterocycles. The van der Waals surface area contributed by atoms with E-state index in [0.717, 1.165) is 4.88 Å². The third kappa shape index (κ3) is 4.35. The molecule has 0 bridgehead atoms. The molecule has 1 fully saturated rings. The lowest BCUT2D eigenvalue weighted by atomic mass is 10.4. The maximum absolute atomic E-state index is 12.6. The number of hydrogen-bond acceptors (Lipinski definition) is 5. The maximum atomic E-state index is 12.6. The van der Waals surface area contributed by atoms with Gasteiger partial charge in [0.15, 0.2) is 0 Å². The van der Waals surface area contributed by atoms with E-state index in [1.165, 1.54) is 15.6 Å². The fourth-order valence-electron chi connectivity index (χ4n) is 1.97. The molecule has 2 heterocycles. The van der Waals surface area contributed by atoms with E-state index in [1.54, 1.807) is 6.07 Å². The van der Waals surface area contributed by atoms with Gasteiger partial charge in [0, 0.05) is 52.9 Å². The van der Waals surface area contributed by atoms with Gasteiger partial charge in [-0.2, -0.15) is 4.31 Å². The Bertz CT molecular complexity index is 618. The summed E-state index contributed by atoms with van der Waals surface area (Å²) in [5, 5.41) is 3.28. The van der Waals surface area contributed by atoms with Crippen molar-refractivity contribution >= 4 is 48.1 Å². The lowest BCUT2D eigenvalue weighted by Crippen LogP contribution is -2.41. The van der Waals surface area contributed by atoms with E-state index in [1.807, 2.05) is 13.8 Å². The van der Waals surface area contributed by atoms with Gasteiger partial charge in [0.2, 0.25) is 10.0 Å². The highest BCUT2D eigenvalue weighted by Crippen LogP contribution is 2.33. The molecule has 0 unspecified atom stereocenters.